The van der Waals surface area contributed by atoms with Crippen molar-refractivity contribution in [3.8, 4) is 0 Å². The second-order valence-corrected chi connectivity index (χ2v) is 4.35. The molecule has 2 unspecified atom stereocenters. The van der Waals surface area contributed by atoms with Gasteiger partial charge in [0.15, 0.2) is 0 Å². The van der Waals surface area contributed by atoms with Crippen LogP contribution in [-0.2, 0) is 9.53 Å². The molecule has 0 N–H and O–H groups in total. The summed E-state index contributed by atoms with van der Waals surface area (Å²) < 4.78 is 4.62. The Morgan fingerprint density at radius 3 is 2.87 bits per heavy atom. The van der Waals surface area contributed by atoms with E-state index in [4.69, 9.17) is 0 Å². The van der Waals surface area contributed by atoms with Gasteiger partial charge in [0, 0.05) is 11.6 Å². The van der Waals surface area contributed by atoms with Crippen molar-refractivity contribution in [1.82, 2.24) is 0 Å². The summed E-state index contributed by atoms with van der Waals surface area (Å²) in [6.45, 7) is 3.92. The van der Waals surface area contributed by atoms with Gasteiger partial charge in [-0.05, 0) is 26.2 Å². The Morgan fingerprint density at radius 2 is 2.33 bits per heavy atom. The number of ether oxygens (including phenoxy) is 1. The summed E-state index contributed by atoms with van der Waals surface area (Å²) in [7, 11) is 1.39. The van der Waals surface area contributed by atoms with E-state index in [0.717, 1.165) is 19.3 Å². The highest BCUT2D eigenvalue weighted by Gasteiger charge is 2.22. The standard InChI is InChI=1S/C12H19NO2/c1-10(11(14)15-3)13-9-12(2)7-5-4-6-8-12/h4-5,9-10H,6-8H2,1-3H3. The molecule has 0 aromatic rings. The van der Waals surface area contributed by atoms with E-state index in [9.17, 15) is 4.79 Å². The molecule has 0 saturated heterocycles. The Labute approximate surface area is 91.2 Å². The fourth-order valence-corrected chi connectivity index (χ4v) is 1.63. The average Bonchev–Trinajstić information content (AvgIpc) is 2.26. The van der Waals surface area contributed by atoms with Gasteiger partial charge in [-0.2, -0.15) is 0 Å². The molecule has 0 radical (unpaired) electrons. The highest BCUT2D eigenvalue weighted by atomic mass is 16.5. The quantitative estimate of drug-likeness (QED) is 0.406. The third kappa shape index (κ3) is 3.50. The van der Waals surface area contributed by atoms with E-state index in [2.05, 4.69) is 28.8 Å². The Kier molecular flexibility index (Phi) is 4.06. The van der Waals surface area contributed by atoms with Gasteiger partial charge in [-0.1, -0.05) is 19.1 Å². The second kappa shape index (κ2) is 5.10. The number of nitrogens with zero attached hydrogens (tertiary/aromatic N) is 1. The van der Waals surface area contributed by atoms with Crippen LogP contribution in [0.5, 0.6) is 0 Å². The highest BCUT2D eigenvalue weighted by Crippen LogP contribution is 2.30. The van der Waals surface area contributed by atoms with Crippen LogP contribution in [0.3, 0.4) is 0 Å². The summed E-state index contributed by atoms with van der Waals surface area (Å²) >= 11 is 0. The lowest BCUT2D eigenvalue weighted by Gasteiger charge is -2.26. The zero-order chi connectivity index (χ0) is 11.3. The van der Waals surface area contributed by atoms with Crippen LogP contribution >= 0.6 is 0 Å². The predicted molar refractivity (Wildman–Crippen MR) is 61.1 cm³/mol. The van der Waals surface area contributed by atoms with E-state index < -0.39 is 6.04 Å². The number of rotatable bonds is 3. The monoisotopic (exact) mass is 209 g/mol. The van der Waals surface area contributed by atoms with Crippen LogP contribution in [0, 0.1) is 5.41 Å². The van der Waals surface area contributed by atoms with Gasteiger partial charge in [0.05, 0.1) is 7.11 Å². The molecule has 3 nitrogen and oxygen atoms in total. The van der Waals surface area contributed by atoms with E-state index >= 15 is 0 Å². The molecule has 84 valence electrons. The first-order valence-corrected chi connectivity index (χ1v) is 5.34. The summed E-state index contributed by atoms with van der Waals surface area (Å²) in [5.41, 5.74) is 0.108. The molecule has 0 aromatic heterocycles. The minimum absolute atomic E-state index is 0.108. The number of hydrogen-bond acceptors (Lipinski definition) is 3. The Balaban J connectivity index is 2.56. The van der Waals surface area contributed by atoms with Crippen molar-refractivity contribution in [3.05, 3.63) is 12.2 Å². The Bertz CT molecular complexity index is 283. The van der Waals surface area contributed by atoms with Gasteiger partial charge < -0.3 is 4.74 Å². The first-order valence-electron chi connectivity index (χ1n) is 5.34. The molecule has 1 rings (SSSR count). The molecule has 2 atom stereocenters. The van der Waals surface area contributed by atoms with Crippen molar-refractivity contribution in [2.45, 2.75) is 39.2 Å². The van der Waals surface area contributed by atoms with Gasteiger partial charge in [-0.25, -0.2) is 4.79 Å². The van der Waals surface area contributed by atoms with E-state index in [1.165, 1.54) is 7.11 Å². The minimum atomic E-state index is -0.391. The third-order valence-electron chi connectivity index (χ3n) is 2.79. The fourth-order valence-electron chi connectivity index (χ4n) is 1.63. The number of methoxy groups -OCH3 is 1. The minimum Gasteiger partial charge on any atom is -0.467 e. The molecule has 0 bridgehead atoms. The molecular weight excluding hydrogens is 190 g/mol. The van der Waals surface area contributed by atoms with Crippen LogP contribution in [0.25, 0.3) is 0 Å². The number of carbonyl (C=O) groups excluding carboxylic acids is 1. The molecule has 0 amide bonds. The van der Waals surface area contributed by atoms with Gasteiger partial charge in [-0.15, -0.1) is 0 Å². The number of hydrogen-bond donors (Lipinski definition) is 0. The van der Waals surface area contributed by atoms with Gasteiger partial charge in [0.2, 0.25) is 0 Å². The summed E-state index contributed by atoms with van der Waals surface area (Å²) in [5, 5.41) is 0. The lowest BCUT2D eigenvalue weighted by molar-refractivity contribution is -0.141. The molecule has 0 heterocycles. The van der Waals surface area contributed by atoms with Crippen molar-refractivity contribution >= 4 is 12.2 Å². The zero-order valence-corrected chi connectivity index (χ0v) is 9.69. The molecule has 0 fully saturated rings. The van der Waals surface area contributed by atoms with Crippen molar-refractivity contribution in [2.75, 3.05) is 7.11 Å². The molecule has 0 spiro atoms. The normalized spacial score (nSPS) is 27.9. The molecule has 1 aliphatic carbocycles. The molecule has 0 aromatic carbocycles. The van der Waals surface area contributed by atoms with Crippen molar-refractivity contribution in [2.24, 2.45) is 10.4 Å². The van der Waals surface area contributed by atoms with Crippen LogP contribution in [0.1, 0.15) is 33.1 Å². The summed E-state index contributed by atoms with van der Waals surface area (Å²) in [4.78, 5) is 15.4. The summed E-state index contributed by atoms with van der Waals surface area (Å²) in [5.74, 6) is -0.277. The second-order valence-electron chi connectivity index (χ2n) is 4.35. The third-order valence-corrected chi connectivity index (χ3v) is 2.79. The number of esters is 1. The van der Waals surface area contributed by atoms with Crippen LogP contribution in [0.15, 0.2) is 17.1 Å². The maximum absolute atomic E-state index is 11.1. The van der Waals surface area contributed by atoms with Crippen LogP contribution < -0.4 is 0 Å². The summed E-state index contributed by atoms with van der Waals surface area (Å²) in [6, 6.07) is -0.391. The van der Waals surface area contributed by atoms with Gasteiger partial charge in [0.1, 0.15) is 6.04 Å². The van der Waals surface area contributed by atoms with Gasteiger partial charge in [0.25, 0.3) is 0 Å². The van der Waals surface area contributed by atoms with Crippen LogP contribution in [0.2, 0.25) is 0 Å². The molecule has 1 aliphatic rings. The summed E-state index contributed by atoms with van der Waals surface area (Å²) in [6.07, 6.45) is 9.48. The average molecular weight is 209 g/mol. The van der Waals surface area contributed by atoms with Gasteiger partial charge >= 0.3 is 5.97 Å². The zero-order valence-electron chi connectivity index (χ0n) is 9.69. The van der Waals surface area contributed by atoms with Gasteiger partial charge in [-0.3, -0.25) is 4.99 Å². The van der Waals surface area contributed by atoms with Crippen molar-refractivity contribution < 1.29 is 9.53 Å². The lowest BCUT2D eigenvalue weighted by Crippen LogP contribution is -2.23. The fraction of sp³-hybridized carbons (Fsp3) is 0.667. The molecular formula is C12H19NO2. The predicted octanol–water partition coefficient (Wildman–Crippen LogP) is 2.37. The topological polar surface area (TPSA) is 38.7 Å². The molecule has 15 heavy (non-hydrogen) atoms. The van der Waals surface area contributed by atoms with E-state index in [1.54, 1.807) is 6.92 Å². The van der Waals surface area contributed by atoms with Crippen LogP contribution in [0.4, 0.5) is 0 Å². The van der Waals surface area contributed by atoms with E-state index in [-0.39, 0.29) is 11.4 Å². The van der Waals surface area contributed by atoms with Crippen molar-refractivity contribution in [3.63, 3.8) is 0 Å². The first-order chi connectivity index (χ1) is 7.07. The highest BCUT2D eigenvalue weighted by molar-refractivity contribution is 5.78. The molecule has 3 heteroatoms. The van der Waals surface area contributed by atoms with Crippen LogP contribution in [-0.4, -0.2) is 25.3 Å². The first kappa shape index (κ1) is 12.0. The maximum atomic E-state index is 11.1. The number of carbonyl (C=O) groups is 1. The van der Waals surface area contributed by atoms with E-state index in [0.29, 0.717) is 0 Å². The smallest absolute Gasteiger partial charge is 0.330 e. The molecule has 0 aliphatic heterocycles. The van der Waals surface area contributed by atoms with E-state index in [1.807, 2.05) is 6.21 Å². The number of allylic oxidation sites excluding steroid dienone is 2. The molecule has 0 saturated carbocycles. The Hall–Kier alpha value is -1.12. The maximum Gasteiger partial charge on any atom is 0.330 e. The Morgan fingerprint density at radius 1 is 1.60 bits per heavy atom. The largest absolute Gasteiger partial charge is 0.467 e. The lowest BCUT2D eigenvalue weighted by atomic mass is 9.80. The number of aliphatic imine (C=N–C) groups is 1. The van der Waals surface area contributed by atoms with Crippen molar-refractivity contribution in [1.29, 1.82) is 0 Å². The SMILES string of the molecule is COC(=O)C(C)N=CC1(C)CC=CCC1.